The molecule has 1 aromatic heterocycles. The van der Waals surface area contributed by atoms with Crippen molar-refractivity contribution in [3.8, 4) is 11.5 Å². The van der Waals surface area contributed by atoms with Crippen LogP contribution in [0.5, 0.6) is 11.5 Å². The molecule has 9 heteroatoms. The van der Waals surface area contributed by atoms with Gasteiger partial charge >= 0.3 is 6.03 Å². The fraction of sp³-hybridized carbons (Fsp3) is 0.190. The summed E-state index contributed by atoms with van der Waals surface area (Å²) in [5.41, 5.74) is 2.95. The molecule has 0 saturated heterocycles. The first kappa shape index (κ1) is 19.3. The van der Waals surface area contributed by atoms with Crippen LogP contribution in [0.2, 0.25) is 0 Å². The molecule has 1 aliphatic heterocycles. The Morgan fingerprint density at radius 2 is 1.57 bits per heavy atom. The number of aryl methyl sites for hydroxylation is 1. The van der Waals surface area contributed by atoms with Gasteiger partial charge in [-0.1, -0.05) is 0 Å². The first-order chi connectivity index (χ1) is 14.5. The lowest BCUT2D eigenvalue weighted by Gasteiger charge is -2.14. The number of amides is 2. The van der Waals surface area contributed by atoms with E-state index < -0.39 is 0 Å². The molecule has 2 amide bonds. The number of hydrogen-bond donors (Lipinski definition) is 3. The second kappa shape index (κ2) is 8.16. The van der Waals surface area contributed by atoms with Crippen molar-refractivity contribution in [1.82, 2.24) is 9.97 Å². The van der Waals surface area contributed by atoms with Gasteiger partial charge in [-0.2, -0.15) is 4.98 Å². The number of anilines is 5. The fourth-order valence-electron chi connectivity index (χ4n) is 2.87. The van der Waals surface area contributed by atoms with Gasteiger partial charge in [0.15, 0.2) is 11.5 Å². The lowest BCUT2D eigenvalue weighted by atomic mass is 10.2. The molecule has 3 N–H and O–H groups in total. The largest absolute Gasteiger partial charge is 0.454 e. The highest BCUT2D eigenvalue weighted by atomic mass is 16.7. The molecule has 0 bridgehead atoms. The molecule has 4 rings (SSSR count). The average molecular weight is 406 g/mol. The summed E-state index contributed by atoms with van der Waals surface area (Å²) in [6.45, 7) is 2.11. The number of carbonyl (C=O) groups is 1. The van der Waals surface area contributed by atoms with Gasteiger partial charge in [-0.15, -0.1) is 0 Å². The molecule has 2 aromatic carbocycles. The number of nitrogens with zero attached hydrogens (tertiary/aromatic N) is 3. The van der Waals surface area contributed by atoms with Crippen molar-refractivity contribution in [3.05, 3.63) is 54.2 Å². The van der Waals surface area contributed by atoms with Crippen molar-refractivity contribution in [2.75, 3.05) is 41.7 Å². The first-order valence-corrected chi connectivity index (χ1v) is 9.34. The molecule has 0 radical (unpaired) electrons. The Balaban J connectivity index is 1.37. The van der Waals surface area contributed by atoms with Crippen LogP contribution in [0.3, 0.4) is 0 Å². The number of ether oxygens (including phenoxy) is 2. The van der Waals surface area contributed by atoms with Crippen LogP contribution in [-0.4, -0.2) is 36.9 Å². The van der Waals surface area contributed by atoms with Gasteiger partial charge in [0, 0.05) is 49.0 Å². The molecule has 2 heterocycles. The van der Waals surface area contributed by atoms with Crippen molar-refractivity contribution in [2.24, 2.45) is 0 Å². The molecule has 1 aliphatic rings. The number of rotatable bonds is 5. The van der Waals surface area contributed by atoms with E-state index in [2.05, 4.69) is 25.9 Å². The predicted octanol–water partition coefficient (Wildman–Crippen LogP) is 3.97. The highest BCUT2D eigenvalue weighted by Crippen LogP contribution is 2.34. The molecule has 0 aliphatic carbocycles. The van der Waals surface area contributed by atoms with Crippen molar-refractivity contribution < 1.29 is 14.3 Å². The van der Waals surface area contributed by atoms with Gasteiger partial charge in [-0.25, -0.2) is 9.78 Å². The minimum Gasteiger partial charge on any atom is -0.454 e. The standard InChI is InChI=1S/C21H22N6O3/c1-13-10-19(27(2)3)26-20(22-13)23-14-4-6-15(7-5-14)24-21(28)25-16-8-9-17-18(11-16)30-12-29-17/h4-11H,12H2,1-3H3,(H,22,23,26)(H2,24,25,28). The van der Waals surface area contributed by atoms with Gasteiger partial charge in [-0.05, 0) is 43.3 Å². The van der Waals surface area contributed by atoms with Crippen LogP contribution in [0.4, 0.5) is 33.6 Å². The quantitative estimate of drug-likeness (QED) is 0.589. The SMILES string of the molecule is Cc1cc(N(C)C)nc(Nc2ccc(NC(=O)Nc3ccc4c(c3)OCO4)cc2)n1. The second-order valence-corrected chi connectivity index (χ2v) is 6.94. The molecule has 154 valence electrons. The minimum absolute atomic E-state index is 0.190. The first-order valence-electron chi connectivity index (χ1n) is 9.34. The Bertz CT molecular complexity index is 1070. The molecular weight excluding hydrogens is 384 g/mol. The van der Waals surface area contributed by atoms with E-state index in [0.29, 0.717) is 28.8 Å². The van der Waals surface area contributed by atoms with Crippen LogP contribution in [-0.2, 0) is 0 Å². The van der Waals surface area contributed by atoms with Crippen molar-refractivity contribution >= 4 is 34.9 Å². The summed E-state index contributed by atoms with van der Waals surface area (Å²) in [5, 5.41) is 8.75. The van der Waals surface area contributed by atoms with Crippen molar-refractivity contribution in [2.45, 2.75) is 6.92 Å². The third-order valence-electron chi connectivity index (χ3n) is 4.33. The van der Waals surface area contributed by atoms with Crippen molar-refractivity contribution in [3.63, 3.8) is 0 Å². The maximum atomic E-state index is 12.3. The maximum absolute atomic E-state index is 12.3. The summed E-state index contributed by atoms with van der Waals surface area (Å²) >= 11 is 0. The van der Waals surface area contributed by atoms with Crippen LogP contribution in [0.15, 0.2) is 48.5 Å². The molecule has 0 fully saturated rings. The lowest BCUT2D eigenvalue weighted by Crippen LogP contribution is -2.19. The molecular formula is C21H22N6O3. The number of nitrogens with one attached hydrogen (secondary N) is 3. The highest BCUT2D eigenvalue weighted by molar-refractivity contribution is 6.00. The van der Waals surface area contributed by atoms with Crippen LogP contribution in [0, 0.1) is 6.92 Å². The Kier molecular flexibility index (Phi) is 5.25. The number of benzene rings is 2. The Hall–Kier alpha value is -4.01. The van der Waals surface area contributed by atoms with E-state index in [1.165, 1.54) is 0 Å². The predicted molar refractivity (Wildman–Crippen MR) is 116 cm³/mol. The highest BCUT2D eigenvalue weighted by Gasteiger charge is 2.14. The van der Waals surface area contributed by atoms with Crippen LogP contribution < -0.4 is 30.3 Å². The maximum Gasteiger partial charge on any atom is 0.323 e. The van der Waals surface area contributed by atoms with E-state index in [1.807, 2.05) is 44.1 Å². The molecule has 0 unspecified atom stereocenters. The van der Waals surface area contributed by atoms with Crippen molar-refractivity contribution in [1.29, 1.82) is 0 Å². The zero-order valence-corrected chi connectivity index (χ0v) is 16.9. The fourth-order valence-corrected chi connectivity index (χ4v) is 2.87. The average Bonchev–Trinajstić information content (AvgIpc) is 3.17. The minimum atomic E-state index is -0.354. The molecule has 0 spiro atoms. The number of hydrogen-bond acceptors (Lipinski definition) is 7. The molecule has 3 aromatic rings. The zero-order valence-electron chi connectivity index (χ0n) is 16.9. The summed E-state index contributed by atoms with van der Waals surface area (Å²) in [7, 11) is 3.86. The zero-order chi connectivity index (χ0) is 21.1. The summed E-state index contributed by atoms with van der Waals surface area (Å²) in [6, 6.07) is 14.1. The number of fused-ring (bicyclic) bond motifs is 1. The van der Waals surface area contributed by atoms with E-state index >= 15 is 0 Å². The van der Waals surface area contributed by atoms with E-state index in [9.17, 15) is 4.79 Å². The Labute approximate surface area is 174 Å². The monoisotopic (exact) mass is 406 g/mol. The van der Waals surface area contributed by atoms with E-state index in [0.717, 1.165) is 17.2 Å². The number of aromatic nitrogens is 2. The summed E-state index contributed by atoms with van der Waals surface area (Å²) in [6.07, 6.45) is 0. The van der Waals surface area contributed by atoms with Gasteiger partial charge in [0.2, 0.25) is 12.7 Å². The normalized spacial score (nSPS) is 11.7. The van der Waals surface area contributed by atoms with Crippen LogP contribution >= 0.6 is 0 Å². The van der Waals surface area contributed by atoms with Crippen LogP contribution in [0.25, 0.3) is 0 Å². The second-order valence-electron chi connectivity index (χ2n) is 6.94. The van der Waals surface area contributed by atoms with Gasteiger partial charge in [-0.3, -0.25) is 0 Å². The van der Waals surface area contributed by atoms with Gasteiger partial charge < -0.3 is 30.3 Å². The van der Waals surface area contributed by atoms with Gasteiger partial charge in [0.1, 0.15) is 5.82 Å². The summed E-state index contributed by atoms with van der Waals surface area (Å²) < 4.78 is 10.6. The van der Waals surface area contributed by atoms with E-state index in [1.54, 1.807) is 30.3 Å². The van der Waals surface area contributed by atoms with E-state index in [-0.39, 0.29) is 12.8 Å². The summed E-state index contributed by atoms with van der Waals surface area (Å²) in [5.74, 6) is 2.61. The lowest BCUT2D eigenvalue weighted by molar-refractivity contribution is 0.174. The smallest absolute Gasteiger partial charge is 0.323 e. The van der Waals surface area contributed by atoms with Crippen LogP contribution in [0.1, 0.15) is 5.69 Å². The molecule has 0 saturated carbocycles. The number of urea groups is 1. The molecule has 0 atom stereocenters. The van der Waals surface area contributed by atoms with Gasteiger partial charge in [0.05, 0.1) is 0 Å². The summed E-state index contributed by atoms with van der Waals surface area (Å²) in [4.78, 5) is 23.1. The number of carbonyl (C=O) groups excluding carboxylic acids is 1. The molecule has 9 nitrogen and oxygen atoms in total. The third-order valence-corrected chi connectivity index (χ3v) is 4.33. The molecule has 30 heavy (non-hydrogen) atoms. The third kappa shape index (κ3) is 4.52. The van der Waals surface area contributed by atoms with Gasteiger partial charge in [0.25, 0.3) is 0 Å². The topological polar surface area (TPSA) is 101 Å². The Morgan fingerprint density at radius 3 is 2.33 bits per heavy atom. The van der Waals surface area contributed by atoms with E-state index in [4.69, 9.17) is 9.47 Å². The Morgan fingerprint density at radius 1 is 0.900 bits per heavy atom.